The van der Waals surface area contributed by atoms with E-state index < -0.39 is 17.1 Å². The number of hydrogen-bond donors (Lipinski definition) is 2. The molecule has 7 atom stereocenters. The number of allylic oxidation sites excluding steroid dienone is 1. The minimum Gasteiger partial charge on any atom is -0.393 e. The molecule has 0 aromatic rings. The minimum atomic E-state index is -1.30. The molecule has 0 amide bonds. The Balaban J connectivity index is 1.74. The van der Waals surface area contributed by atoms with E-state index in [4.69, 9.17) is 0 Å². The van der Waals surface area contributed by atoms with Gasteiger partial charge in [0.15, 0.2) is 11.6 Å². The van der Waals surface area contributed by atoms with Crippen molar-refractivity contribution in [3.63, 3.8) is 0 Å². The lowest BCUT2D eigenvalue weighted by molar-refractivity contribution is -0.178. The fraction of sp³-hybridized carbons (Fsp3) is 0.810. The van der Waals surface area contributed by atoms with Gasteiger partial charge in [0, 0.05) is 11.8 Å². The molecule has 26 heavy (non-hydrogen) atoms. The summed E-state index contributed by atoms with van der Waals surface area (Å²) in [6.07, 6.45) is 6.40. The van der Waals surface area contributed by atoms with Gasteiger partial charge in [-0.25, -0.2) is 0 Å². The van der Waals surface area contributed by atoms with Crippen molar-refractivity contribution in [2.24, 2.45) is 28.6 Å². The summed E-state index contributed by atoms with van der Waals surface area (Å²) in [7, 11) is 0. The number of hydrogen-bond acceptors (Lipinski definition) is 4. The third-order valence-corrected chi connectivity index (χ3v) is 9.32. The Morgan fingerprint density at radius 3 is 2.69 bits per heavy atom. The second kappa shape index (κ2) is 6.11. The Bertz CT molecular complexity index is 687. The number of carbonyl (C=O) groups is 2. The van der Waals surface area contributed by atoms with Crippen LogP contribution in [0.1, 0.15) is 58.8 Å². The normalized spacial score (nSPS) is 50.5. The van der Waals surface area contributed by atoms with Crippen LogP contribution in [-0.2, 0) is 9.59 Å². The van der Waals surface area contributed by atoms with E-state index in [0.29, 0.717) is 29.6 Å². The number of fused-ring (bicyclic) bond motifs is 5. The number of carbonyl (C=O) groups excluding carboxylic acids is 2. The summed E-state index contributed by atoms with van der Waals surface area (Å²) in [5, 5.41) is 22.6. The number of halogens is 1. The van der Waals surface area contributed by atoms with Gasteiger partial charge in [0.2, 0.25) is 0 Å². The highest BCUT2D eigenvalue weighted by Gasteiger charge is 2.68. The Hall–Kier alpha value is -0.270. The molecule has 0 unspecified atom stereocenters. The molecule has 5 heteroatoms. The first-order valence-electron chi connectivity index (χ1n) is 9.91. The molecule has 0 saturated heterocycles. The van der Waals surface area contributed by atoms with Crippen LogP contribution < -0.4 is 0 Å². The molecule has 0 radical (unpaired) electrons. The molecule has 4 aliphatic carbocycles. The van der Waals surface area contributed by atoms with Crippen molar-refractivity contribution in [2.45, 2.75) is 70.5 Å². The Morgan fingerprint density at radius 1 is 1.27 bits per heavy atom. The first-order chi connectivity index (χ1) is 12.2. The Labute approximate surface area is 168 Å². The lowest BCUT2D eigenvalue weighted by Gasteiger charge is -2.60. The van der Waals surface area contributed by atoms with E-state index in [1.54, 1.807) is 0 Å². The molecule has 3 fully saturated rings. The van der Waals surface area contributed by atoms with Crippen LogP contribution in [0, 0.1) is 28.6 Å². The van der Waals surface area contributed by atoms with Gasteiger partial charge in [-0.2, -0.15) is 0 Å². The van der Waals surface area contributed by atoms with Gasteiger partial charge in [-0.05, 0) is 67.8 Å². The Kier molecular flexibility index (Phi) is 4.48. The molecule has 0 aliphatic heterocycles. The number of Topliss-reactive ketones (excluding diaryl/α,β-unsaturated/α-hetero) is 1. The maximum Gasteiger partial charge on any atom is 0.174 e. The maximum atomic E-state index is 12.6. The fourth-order valence-corrected chi connectivity index (χ4v) is 7.89. The van der Waals surface area contributed by atoms with Crippen molar-refractivity contribution >= 4 is 34.2 Å². The van der Waals surface area contributed by atoms with Crippen LogP contribution in [-0.4, -0.2) is 37.9 Å². The SMILES string of the molecule is C[C@]12CCC(=O)C=C1CC[C@@H]1[C@@H]2[C@@H](O)C[C@@]2(C)[C@H]1CC[C@]2(O)C(=O)CI. The van der Waals surface area contributed by atoms with Crippen LogP contribution >= 0.6 is 22.6 Å². The number of aliphatic hydroxyl groups excluding tert-OH is 1. The summed E-state index contributed by atoms with van der Waals surface area (Å²) < 4.78 is 0.313. The highest BCUT2D eigenvalue weighted by atomic mass is 127. The topological polar surface area (TPSA) is 74.6 Å². The quantitative estimate of drug-likeness (QED) is 0.478. The summed E-state index contributed by atoms with van der Waals surface area (Å²) in [6.45, 7) is 4.26. The molecule has 144 valence electrons. The lowest BCUT2D eigenvalue weighted by atomic mass is 9.45. The third kappa shape index (κ3) is 2.32. The lowest BCUT2D eigenvalue weighted by Crippen LogP contribution is -2.61. The van der Waals surface area contributed by atoms with Crippen molar-refractivity contribution in [2.75, 3.05) is 4.43 Å². The van der Waals surface area contributed by atoms with Crippen LogP contribution in [0.15, 0.2) is 11.6 Å². The van der Waals surface area contributed by atoms with E-state index in [1.807, 2.05) is 35.6 Å². The smallest absolute Gasteiger partial charge is 0.174 e. The molecule has 0 aromatic carbocycles. The van der Waals surface area contributed by atoms with Gasteiger partial charge in [0.1, 0.15) is 5.60 Å². The van der Waals surface area contributed by atoms with Crippen LogP contribution in [0.3, 0.4) is 0 Å². The van der Waals surface area contributed by atoms with E-state index >= 15 is 0 Å². The molecule has 4 nitrogen and oxygen atoms in total. The average Bonchev–Trinajstić information content (AvgIpc) is 2.86. The van der Waals surface area contributed by atoms with Crippen LogP contribution in [0.5, 0.6) is 0 Å². The molecule has 0 bridgehead atoms. The Morgan fingerprint density at radius 2 is 2.00 bits per heavy atom. The average molecular weight is 472 g/mol. The molecule has 4 rings (SSSR count). The maximum absolute atomic E-state index is 12.6. The predicted octanol–water partition coefficient (Wildman–Crippen LogP) is 3.22. The van der Waals surface area contributed by atoms with Crippen molar-refractivity contribution in [1.29, 1.82) is 0 Å². The standard InChI is InChI=1S/C21H29IO4/c1-19-7-5-13(23)9-12(19)3-4-14-15-6-8-21(26,17(25)11-22)20(15,2)10-16(24)18(14)19/h9,14-16,18,24,26H,3-8,10-11H2,1-2H3/t14-,15-,16-,18+,19-,20-,21-/m0/s1. The van der Waals surface area contributed by atoms with Gasteiger partial charge in [-0.3, -0.25) is 9.59 Å². The molecule has 4 aliphatic rings. The second-order valence-corrected chi connectivity index (χ2v) is 10.3. The number of aliphatic hydroxyl groups is 2. The van der Waals surface area contributed by atoms with Gasteiger partial charge in [-0.1, -0.05) is 42.0 Å². The summed E-state index contributed by atoms with van der Waals surface area (Å²) in [5.74, 6) is 0.846. The van der Waals surface area contributed by atoms with E-state index in [0.717, 1.165) is 25.7 Å². The molecule has 0 spiro atoms. The molecular weight excluding hydrogens is 443 g/mol. The minimum absolute atomic E-state index is 0.0837. The van der Waals surface area contributed by atoms with Gasteiger partial charge >= 0.3 is 0 Å². The van der Waals surface area contributed by atoms with Crippen LogP contribution in [0.25, 0.3) is 0 Å². The van der Waals surface area contributed by atoms with E-state index in [1.165, 1.54) is 5.57 Å². The van der Waals surface area contributed by atoms with Crippen LogP contribution in [0.2, 0.25) is 0 Å². The monoisotopic (exact) mass is 472 g/mol. The number of ketones is 2. The first-order valence-corrected chi connectivity index (χ1v) is 11.4. The molecule has 2 N–H and O–H groups in total. The van der Waals surface area contributed by atoms with Gasteiger partial charge in [-0.15, -0.1) is 0 Å². The molecular formula is C21H29IO4. The van der Waals surface area contributed by atoms with E-state index in [9.17, 15) is 19.8 Å². The summed E-state index contributed by atoms with van der Waals surface area (Å²) in [6, 6.07) is 0. The summed E-state index contributed by atoms with van der Waals surface area (Å²) in [5.41, 5.74) is -0.748. The van der Waals surface area contributed by atoms with Gasteiger partial charge < -0.3 is 10.2 Å². The molecule has 3 saturated carbocycles. The van der Waals surface area contributed by atoms with E-state index in [2.05, 4.69) is 6.92 Å². The zero-order chi connectivity index (χ0) is 18.9. The van der Waals surface area contributed by atoms with Crippen molar-refractivity contribution in [1.82, 2.24) is 0 Å². The van der Waals surface area contributed by atoms with Gasteiger partial charge in [0.05, 0.1) is 10.5 Å². The number of rotatable bonds is 2. The summed E-state index contributed by atoms with van der Waals surface area (Å²) >= 11 is 2.04. The largest absolute Gasteiger partial charge is 0.393 e. The second-order valence-electron chi connectivity index (χ2n) is 9.53. The van der Waals surface area contributed by atoms with Crippen molar-refractivity contribution in [3.8, 4) is 0 Å². The zero-order valence-electron chi connectivity index (χ0n) is 15.6. The third-order valence-electron chi connectivity index (χ3n) is 8.63. The van der Waals surface area contributed by atoms with Gasteiger partial charge in [0.25, 0.3) is 0 Å². The highest BCUT2D eigenvalue weighted by molar-refractivity contribution is 14.1. The summed E-state index contributed by atoms with van der Waals surface area (Å²) in [4.78, 5) is 24.5. The predicted molar refractivity (Wildman–Crippen MR) is 107 cm³/mol. The van der Waals surface area contributed by atoms with E-state index in [-0.39, 0.29) is 28.8 Å². The molecule has 0 heterocycles. The van der Waals surface area contributed by atoms with Crippen molar-refractivity contribution < 1.29 is 19.8 Å². The zero-order valence-corrected chi connectivity index (χ0v) is 17.8. The fourth-order valence-electron chi connectivity index (χ4n) is 7.26. The number of alkyl halides is 1. The first kappa shape index (κ1) is 19.1. The van der Waals surface area contributed by atoms with Crippen molar-refractivity contribution in [3.05, 3.63) is 11.6 Å². The highest BCUT2D eigenvalue weighted by Crippen LogP contribution is 2.67. The van der Waals surface area contributed by atoms with Crippen LogP contribution in [0.4, 0.5) is 0 Å². The molecule has 0 aromatic heterocycles.